The monoisotopic (exact) mass is 348 g/mol. The van der Waals surface area contributed by atoms with E-state index in [9.17, 15) is 4.79 Å². The van der Waals surface area contributed by atoms with Crippen LogP contribution in [0.5, 0.6) is 17.2 Å². The van der Waals surface area contributed by atoms with E-state index in [1.54, 1.807) is 25.3 Å². The summed E-state index contributed by atoms with van der Waals surface area (Å²) in [5.74, 6) is 1.11. The van der Waals surface area contributed by atoms with Crippen LogP contribution < -0.4 is 14.2 Å². The van der Waals surface area contributed by atoms with Crippen LogP contribution in [0.1, 0.15) is 15.9 Å². The van der Waals surface area contributed by atoms with E-state index in [2.05, 4.69) is 6.07 Å². The molecule has 0 spiro atoms. The number of hydrogen-bond acceptors (Lipinski definition) is 4. The average Bonchev–Trinajstić information content (AvgIpc) is 2.70. The van der Waals surface area contributed by atoms with Crippen molar-refractivity contribution >= 4 is 22.6 Å². The molecule has 0 N–H and O–H groups in total. The molecule has 3 aromatic carbocycles. The van der Waals surface area contributed by atoms with E-state index in [1.165, 1.54) is 20.3 Å². The molecule has 0 heterocycles. The van der Waals surface area contributed by atoms with Gasteiger partial charge in [-0.05, 0) is 40.6 Å². The zero-order valence-electron chi connectivity index (χ0n) is 15.0. The Balaban J connectivity index is 1.92. The van der Waals surface area contributed by atoms with E-state index in [4.69, 9.17) is 14.2 Å². The van der Waals surface area contributed by atoms with Gasteiger partial charge in [0.1, 0.15) is 0 Å². The third-order valence-corrected chi connectivity index (χ3v) is 4.17. The number of allylic oxidation sites excluding steroid dienone is 1. The van der Waals surface area contributed by atoms with Gasteiger partial charge in [0.15, 0.2) is 17.3 Å². The number of ether oxygens (including phenoxy) is 3. The van der Waals surface area contributed by atoms with Crippen molar-refractivity contribution in [1.82, 2.24) is 0 Å². The molecule has 0 fully saturated rings. The van der Waals surface area contributed by atoms with Crippen molar-refractivity contribution in [2.24, 2.45) is 0 Å². The highest BCUT2D eigenvalue weighted by Crippen LogP contribution is 2.40. The largest absolute Gasteiger partial charge is 0.493 e. The molecule has 0 bridgehead atoms. The number of fused-ring (bicyclic) bond motifs is 1. The minimum atomic E-state index is -0.170. The molecular formula is C22H20O4. The van der Waals surface area contributed by atoms with E-state index in [1.807, 2.05) is 36.4 Å². The van der Waals surface area contributed by atoms with Gasteiger partial charge in [-0.3, -0.25) is 4.79 Å². The summed E-state index contributed by atoms with van der Waals surface area (Å²) in [4.78, 5) is 12.7. The average molecular weight is 348 g/mol. The number of hydrogen-bond donors (Lipinski definition) is 0. The Bertz CT molecular complexity index is 973. The van der Waals surface area contributed by atoms with Gasteiger partial charge < -0.3 is 14.2 Å². The molecule has 0 aliphatic carbocycles. The topological polar surface area (TPSA) is 44.8 Å². The fraction of sp³-hybridized carbons (Fsp3) is 0.136. The third-order valence-electron chi connectivity index (χ3n) is 4.17. The first kappa shape index (κ1) is 17.5. The number of rotatable bonds is 6. The lowest BCUT2D eigenvalue weighted by Gasteiger charge is -2.14. The quantitative estimate of drug-likeness (QED) is 0.476. The van der Waals surface area contributed by atoms with Crippen molar-refractivity contribution in [2.75, 3.05) is 21.3 Å². The molecule has 26 heavy (non-hydrogen) atoms. The SMILES string of the molecule is COc1ccc(C(=O)C=Cc2ccc3ccccc3c2)c(OC)c1OC. The number of carbonyl (C=O) groups excluding carboxylic acids is 1. The Morgan fingerprint density at radius 1 is 0.808 bits per heavy atom. The van der Waals surface area contributed by atoms with Crippen LogP contribution in [0.25, 0.3) is 16.8 Å². The standard InChI is InChI=1S/C22H20O4/c1-24-20-13-11-18(21(25-2)22(20)26-3)19(23)12-9-15-8-10-16-6-4-5-7-17(16)14-15/h4-14H,1-3H3. The maximum Gasteiger partial charge on any atom is 0.204 e. The first-order valence-corrected chi connectivity index (χ1v) is 8.18. The molecule has 132 valence electrons. The molecule has 0 aromatic heterocycles. The lowest BCUT2D eigenvalue weighted by molar-refractivity contribution is 0.104. The summed E-state index contributed by atoms with van der Waals surface area (Å²) >= 11 is 0. The summed E-state index contributed by atoms with van der Waals surface area (Å²) in [7, 11) is 4.55. The molecule has 0 unspecified atom stereocenters. The third kappa shape index (κ3) is 3.40. The zero-order chi connectivity index (χ0) is 18.5. The number of ketones is 1. The Morgan fingerprint density at radius 3 is 2.23 bits per heavy atom. The van der Waals surface area contributed by atoms with Crippen molar-refractivity contribution < 1.29 is 19.0 Å². The van der Waals surface area contributed by atoms with Crippen molar-refractivity contribution in [1.29, 1.82) is 0 Å². The summed E-state index contributed by atoms with van der Waals surface area (Å²) in [6.45, 7) is 0. The molecule has 0 amide bonds. The van der Waals surface area contributed by atoms with E-state index in [0.29, 0.717) is 22.8 Å². The van der Waals surface area contributed by atoms with Crippen LogP contribution in [0.15, 0.2) is 60.7 Å². The Morgan fingerprint density at radius 2 is 1.54 bits per heavy atom. The number of carbonyl (C=O) groups is 1. The first-order valence-electron chi connectivity index (χ1n) is 8.18. The summed E-state index contributed by atoms with van der Waals surface area (Å²) in [6, 6.07) is 17.5. The summed E-state index contributed by atoms with van der Waals surface area (Å²) in [6.07, 6.45) is 3.33. The number of methoxy groups -OCH3 is 3. The van der Waals surface area contributed by atoms with Crippen molar-refractivity contribution in [3.8, 4) is 17.2 Å². The Labute approximate surface area is 152 Å². The van der Waals surface area contributed by atoms with Crippen molar-refractivity contribution in [3.63, 3.8) is 0 Å². The molecule has 0 aliphatic rings. The molecule has 0 saturated heterocycles. The van der Waals surface area contributed by atoms with Crippen LogP contribution >= 0.6 is 0 Å². The lowest BCUT2D eigenvalue weighted by atomic mass is 10.0. The van der Waals surface area contributed by atoms with Crippen LogP contribution in [-0.4, -0.2) is 27.1 Å². The highest BCUT2D eigenvalue weighted by molar-refractivity contribution is 6.09. The van der Waals surface area contributed by atoms with Gasteiger partial charge in [0.25, 0.3) is 0 Å². The second kappa shape index (κ2) is 7.74. The van der Waals surface area contributed by atoms with Crippen LogP contribution in [0.2, 0.25) is 0 Å². The van der Waals surface area contributed by atoms with Gasteiger partial charge >= 0.3 is 0 Å². The fourth-order valence-electron chi connectivity index (χ4n) is 2.87. The van der Waals surface area contributed by atoms with Gasteiger partial charge in [0, 0.05) is 0 Å². The zero-order valence-corrected chi connectivity index (χ0v) is 15.0. The summed E-state index contributed by atoms with van der Waals surface area (Å²) in [5, 5.41) is 2.29. The molecule has 0 aliphatic heterocycles. The maximum atomic E-state index is 12.7. The second-order valence-electron chi connectivity index (χ2n) is 5.69. The smallest absolute Gasteiger partial charge is 0.204 e. The Hall–Kier alpha value is -3.27. The van der Waals surface area contributed by atoms with E-state index in [-0.39, 0.29) is 5.78 Å². The predicted octanol–water partition coefficient (Wildman–Crippen LogP) is 4.76. The van der Waals surface area contributed by atoms with E-state index in [0.717, 1.165) is 16.3 Å². The lowest BCUT2D eigenvalue weighted by Crippen LogP contribution is -2.02. The van der Waals surface area contributed by atoms with Crippen molar-refractivity contribution in [2.45, 2.75) is 0 Å². The van der Waals surface area contributed by atoms with Gasteiger partial charge in [-0.2, -0.15) is 0 Å². The molecule has 0 saturated carbocycles. The Kier molecular flexibility index (Phi) is 5.23. The van der Waals surface area contributed by atoms with Crippen LogP contribution in [-0.2, 0) is 0 Å². The molecule has 0 radical (unpaired) electrons. The molecule has 3 aromatic rings. The minimum absolute atomic E-state index is 0.170. The highest BCUT2D eigenvalue weighted by atomic mass is 16.5. The summed E-state index contributed by atoms with van der Waals surface area (Å²) < 4.78 is 16.0. The molecule has 4 heteroatoms. The van der Waals surface area contributed by atoms with E-state index >= 15 is 0 Å². The molecule has 0 atom stereocenters. The van der Waals surface area contributed by atoms with Gasteiger partial charge in [0.05, 0.1) is 26.9 Å². The minimum Gasteiger partial charge on any atom is -0.493 e. The highest BCUT2D eigenvalue weighted by Gasteiger charge is 2.19. The van der Waals surface area contributed by atoms with Gasteiger partial charge in [-0.15, -0.1) is 0 Å². The van der Waals surface area contributed by atoms with Crippen LogP contribution in [0.4, 0.5) is 0 Å². The molecule has 3 rings (SSSR count). The molecular weight excluding hydrogens is 328 g/mol. The van der Waals surface area contributed by atoms with Gasteiger partial charge in [-0.1, -0.05) is 42.5 Å². The van der Waals surface area contributed by atoms with Gasteiger partial charge in [-0.25, -0.2) is 0 Å². The molecule has 4 nitrogen and oxygen atoms in total. The van der Waals surface area contributed by atoms with Crippen molar-refractivity contribution in [3.05, 3.63) is 71.8 Å². The van der Waals surface area contributed by atoms with E-state index < -0.39 is 0 Å². The van der Waals surface area contributed by atoms with Crippen LogP contribution in [0, 0.1) is 0 Å². The number of benzene rings is 3. The summed E-state index contributed by atoms with van der Waals surface area (Å²) in [5.41, 5.74) is 1.37. The maximum absolute atomic E-state index is 12.7. The normalized spacial score (nSPS) is 10.9. The first-order chi connectivity index (χ1) is 12.7. The fourth-order valence-corrected chi connectivity index (χ4v) is 2.87. The van der Waals surface area contributed by atoms with Gasteiger partial charge in [0.2, 0.25) is 5.75 Å². The second-order valence-corrected chi connectivity index (χ2v) is 5.69. The predicted molar refractivity (Wildman–Crippen MR) is 103 cm³/mol. The van der Waals surface area contributed by atoms with Crippen LogP contribution in [0.3, 0.4) is 0 Å².